The summed E-state index contributed by atoms with van der Waals surface area (Å²) in [5, 5.41) is 2.69. The lowest BCUT2D eigenvalue weighted by molar-refractivity contribution is -0.123. The first-order valence-electron chi connectivity index (χ1n) is 8.25. The Labute approximate surface area is 156 Å². The summed E-state index contributed by atoms with van der Waals surface area (Å²) in [7, 11) is 1.53. The van der Waals surface area contributed by atoms with Crippen LogP contribution in [0.15, 0.2) is 48.5 Å². The lowest BCUT2D eigenvalue weighted by atomic mass is 10.2. The van der Waals surface area contributed by atoms with Crippen LogP contribution in [-0.4, -0.2) is 26.2 Å². The first-order valence-corrected chi connectivity index (χ1v) is 8.25. The highest BCUT2D eigenvalue weighted by Gasteiger charge is 2.09. The van der Waals surface area contributed by atoms with Gasteiger partial charge in [0.05, 0.1) is 7.11 Å². The van der Waals surface area contributed by atoms with E-state index in [1.807, 2.05) is 31.2 Å². The number of alkyl halides is 2. The van der Waals surface area contributed by atoms with Gasteiger partial charge in [0.25, 0.3) is 5.91 Å². The van der Waals surface area contributed by atoms with Crippen LogP contribution in [-0.2, 0) is 11.3 Å². The molecule has 27 heavy (non-hydrogen) atoms. The van der Waals surface area contributed by atoms with Crippen LogP contribution in [0.1, 0.15) is 18.1 Å². The Hall–Kier alpha value is -3.09. The first-order chi connectivity index (χ1) is 13.0. The molecular formula is C20H21F2NO4. The van der Waals surface area contributed by atoms with E-state index in [0.29, 0.717) is 11.5 Å². The van der Waals surface area contributed by atoms with Crippen molar-refractivity contribution in [1.29, 1.82) is 0 Å². The summed E-state index contributed by atoms with van der Waals surface area (Å²) in [4.78, 5) is 12.0. The van der Waals surface area contributed by atoms with Gasteiger partial charge < -0.3 is 19.5 Å². The predicted molar refractivity (Wildman–Crippen MR) is 98.1 cm³/mol. The number of methoxy groups -OCH3 is 1. The van der Waals surface area contributed by atoms with Gasteiger partial charge in [0, 0.05) is 6.54 Å². The molecule has 2 aromatic rings. The molecule has 2 rings (SSSR count). The van der Waals surface area contributed by atoms with E-state index in [4.69, 9.17) is 9.47 Å². The molecule has 144 valence electrons. The maximum atomic E-state index is 12.1. The number of amides is 1. The highest BCUT2D eigenvalue weighted by Crippen LogP contribution is 2.28. The molecule has 2 aromatic carbocycles. The molecule has 7 heteroatoms. The molecule has 1 N–H and O–H groups in total. The molecular weight excluding hydrogens is 356 g/mol. The number of ether oxygens (including phenoxy) is 3. The number of hydrogen-bond donors (Lipinski definition) is 1. The smallest absolute Gasteiger partial charge is 0.387 e. The maximum absolute atomic E-state index is 12.1. The second kappa shape index (κ2) is 10.2. The molecule has 0 radical (unpaired) electrons. The van der Waals surface area contributed by atoms with Crippen molar-refractivity contribution in [2.24, 2.45) is 0 Å². The minimum atomic E-state index is -2.86. The van der Waals surface area contributed by atoms with Gasteiger partial charge >= 0.3 is 6.61 Å². The molecule has 5 nitrogen and oxygen atoms in total. The average molecular weight is 377 g/mol. The standard InChI is InChI=1S/C20H21F2NO4/c1-3-4-14-7-10-17(18(11-14)25-2)26-13-19(24)23-12-15-5-8-16(9-6-15)27-20(21)22/h3-11,20H,12-13H2,1-2H3,(H,23,24)/b4-3+. The van der Waals surface area contributed by atoms with Crippen molar-refractivity contribution in [2.45, 2.75) is 20.1 Å². The van der Waals surface area contributed by atoms with Crippen LogP contribution in [0.25, 0.3) is 6.08 Å². The third kappa shape index (κ3) is 6.62. The number of carbonyl (C=O) groups is 1. The van der Waals surface area contributed by atoms with E-state index in [0.717, 1.165) is 11.1 Å². The second-order valence-corrected chi connectivity index (χ2v) is 5.50. The highest BCUT2D eigenvalue weighted by atomic mass is 19.3. The van der Waals surface area contributed by atoms with Crippen LogP contribution in [0.5, 0.6) is 17.2 Å². The summed E-state index contributed by atoms with van der Waals surface area (Å²) in [6.07, 6.45) is 3.84. The number of carbonyl (C=O) groups excluding carboxylic acids is 1. The fraction of sp³-hybridized carbons (Fsp3) is 0.250. The highest BCUT2D eigenvalue weighted by molar-refractivity contribution is 5.77. The first kappa shape index (κ1) is 20.2. The Morgan fingerprint density at radius 3 is 2.52 bits per heavy atom. The molecule has 0 heterocycles. The maximum Gasteiger partial charge on any atom is 0.387 e. The molecule has 0 saturated carbocycles. The lowest BCUT2D eigenvalue weighted by Gasteiger charge is -2.12. The van der Waals surface area contributed by atoms with E-state index in [2.05, 4.69) is 10.1 Å². The van der Waals surface area contributed by atoms with Gasteiger partial charge in [0.1, 0.15) is 5.75 Å². The zero-order valence-electron chi connectivity index (χ0n) is 15.1. The molecule has 0 unspecified atom stereocenters. The normalized spacial score (nSPS) is 10.9. The summed E-state index contributed by atoms with van der Waals surface area (Å²) in [5.74, 6) is 0.752. The molecule has 0 bridgehead atoms. The van der Waals surface area contributed by atoms with Crippen LogP contribution >= 0.6 is 0 Å². The van der Waals surface area contributed by atoms with E-state index in [1.165, 1.54) is 19.2 Å². The summed E-state index contributed by atoms with van der Waals surface area (Å²) < 4.78 is 39.3. The van der Waals surface area contributed by atoms with E-state index in [1.54, 1.807) is 18.2 Å². The zero-order valence-corrected chi connectivity index (χ0v) is 15.1. The SMILES string of the molecule is C/C=C/c1ccc(OCC(=O)NCc2ccc(OC(F)F)cc2)c(OC)c1. The number of halogens is 2. The number of benzene rings is 2. The molecule has 0 aliphatic rings. The van der Waals surface area contributed by atoms with Crippen molar-refractivity contribution in [3.8, 4) is 17.2 Å². The fourth-order valence-electron chi connectivity index (χ4n) is 2.28. The number of hydrogen-bond acceptors (Lipinski definition) is 4. The van der Waals surface area contributed by atoms with E-state index in [9.17, 15) is 13.6 Å². The average Bonchev–Trinajstić information content (AvgIpc) is 2.66. The van der Waals surface area contributed by atoms with Gasteiger partial charge in [-0.15, -0.1) is 0 Å². The summed E-state index contributed by atoms with van der Waals surface area (Å²) in [5.41, 5.74) is 1.71. The van der Waals surface area contributed by atoms with E-state index in [-0.39, 0.29) is 24.8 Å². The van der Waals surface area contributed by atoms with Gasteiger partial charge in [-0.1, -0.05) is 30.4 Å². The Morgan fingerprint density at radius 1 is 1.15 bits per heavy atom. The quantitative estimate of drug-likeness (QED) is 0.717. The van der Waals surface area contributed by atoms with Crippen LogP contribution in [0.4, 0.5) is 8.78 Å². The van der Waals surface area contributed by atoms with Gasteiger partial charge in [0.2, 0.25) is 0 Å². The number of nitrogens with one attached hydrogen (secondary N) is 1. The molecule has 0 aromatic heterocycles. The Balaban J connectivity index is 1.84. The Kier molecular flexibility index (Phi) is 7.61. The molecule has 0 saturated heterocycles. The van der Waals surface area contributed by atoms with Crippen molar-refractivity contribution < 1.29 is 27.8 Å². The van der Waals surface area contributed by atoms with Crippen LogP contribution < -0.4 is 19.5 Å². The summed E-state index contributed by atoms with van der Waals surface area (Å²) >= 11 is 0. The third-order valence-electron chi connectivity index (χ3n) is 3.54. The molecule has 0 spiro atoms. The largest absolute Gasteiger partial charge is 0.493 e. The predicted octanol–water partition coefficient (Wildman–Crippen LogP) is 4.02. The van der Waals surface area contributed by atoms with Crippen molar-refractivity contribution in [3.05, 3.63) is 59.7 Å². The van der Waals surface area contributed by atoms with Gasteiger partial charge in [0.15, 0.2) is 18.1 Å². The fourth-order valence-corrected chi connectivity index (χ4v) is 2.28. The minimum Gasteiger partial charge on any atom is -0.493 e. The van der Waals surface area contributed by atoms with Crippen LogP contribution in [0, 0.1) is 0 Å². The Bertz CT molecular complexity index is 776. The second-order valence-electron chi connectivity index (χ2n) is 5.50. The summed E-state index contributed by atoms with van der Waals surface area (Å²) in [6.45, 7) is -0.877. The zero-order chi connectivity index (χ0) is 19.6. The van der Waals surface area contributed by atoms with E-state index >= 15 is 0 Å². The molecule has 0 atom stereocenters. The topological polar surface area (TPSA) is 56.8 Å². The summed E-state index contributed by atoms with van der Waals surface area (Å²) in [6, 6.07) is 11.4. The number of allylic oxidation sites excluding steroid dienone is 1. The molecule has 0 aliphatic carbocycles. The van der Waals surface area contributed by atoms with Gasteiger partial charge in [-0.3, -0.25) is 4.79 Å². The molecule has 0 aliphatic heterocycles. The van der Waals surface area contributed by atoms with Gasteiger partial charge in [-0.25, -0.2) is 0 Å². The van der Waals surface area contributed by atoms with Crippen molar-refractivity contribution in [1.82, 2.24) is 5.32 Å². The van der Waals surface area contributed by atoms with Crippen molar-refractivity contribution in [3.63, 3.8) is 0 Å². The number of rotatable bonds is 9. The van der Waals surface area contributed by atoms with Crippen LogP contribution in [0.2, 0.25) is 0 Å². The molecule has 0 fully saturated rings. The van der Waals surface area contributed by atoms with Crippen molar-refractivity contribution in [2.75, 3.05) is 13.7 Å². The molecule has 1 amide bonds. The van der Waals surface area contributed by atoms with Gasteiger partial charge in [-0.2, -0.15) is 8.78 Å². The monoisotopic (exact) mass is 377 g/mol. The lowest BCUT2D eigenvalue weighted by Crippen LogP contribution is -2.28. The van der Waals surface area contributed by atoms with Gasteiger partial charge in [-0.05, 0) is 42.3 Å². The van der Waals surface area contributed by atoms with Crippen molar-refractivity contribution >= 4 is 12.0 Å². The van der Waals surface area contributed by atoms with Crippen LogP contribution in [0.3, 0.4) is 0 Å². The van der Waals surface area contributed by atoms with E-state index < -0.39 is 6.61 Å². The third-order valence-corrected chi connectivity index (χ3v) is 3.54. The Morgan fingerprint density at radius 2 is 1.89 bits per heavy atom. The minimum absolute atomic E-state index is 0.0665.